The summed E-state index contributed by atoms with van der Waals surface area (Å²) in [5, 5.41) is 1.58. The molecular weight excluding hydrogens is 616 g/mol. The zero-order valence-corrected chi connectivity index (χ0v) is 25.4. The van der Waals surface area contributed by atoms with Crippen molar-refractivity contribution < 1.29 is 47.8 Å². The molecule has 0 bridgehead atoms. The number of fused-ring (bicyclic) bond motifs is 2. The van der Waals surface area contributed by atoms with Gasteiger partial charge in [0.1, 0.15) is 0 Å². The van der Waals surface area contributed by atoms with Crippen molar-refractivity contribution in [2.75, 3.05) is 0 Å². The second-order valence-corrected chi connectivity index (χ2v) is 11.4. The van der Waals surface area contributed by atoms with Crippen molar-refractivity contribution in [2.45, 2.75) is 60.8 Å². The smallest absolute Gasteiger partial charge is 0.373 e. The van der Waals surface area contributed by atoms with Gasteiger partial charge in [0.2, 0.25) is 0 Å². The molecule has 4 aromatic carbocycles. The van der Waals surface area contributed by atoms with Crippen LogP contribution in [0.15, 0.2) is 72.8 Å². The van der Waals surface area contributed by atoms with Crippen LogP contribution >= 0.6 is 0 Å². The van der Waals surface area contributed by atoms with E-state index in [0.717, 1.165) is 22.9 Å². The quantitative estimate of drug-likeness (QED) is 0.153. The Kier molecular flexibility index (Phi) is 12.5. The van der Waals surface area contributed by atoms with Crippen molar-refractivity contribution in [3.63, 3.8) is 0 Å². The predicted molar refractivity (Wildman–Crippen MR) is 176 cm³/mol. The Morgan fingerprint density at radius 2 is 1.08 bits per heavy atom. The van der Waals surface area contributed by atoms with Crippen molar-refractivity contribution >= 4 is 52.4 Å². The number of aryl methyl sites for hydroxylation is 1. The van der Waals surface area contributed by atoms with Gasteiger partial charge in [-0.15, -0.1) is 0 Å². The number of rotatable bonds is 1. The zero-order chi connectivity index (χ0) is 33.8. The van der Waals surface area contributed by atoms with Crippen LogP contribution < -0.4 is 0 Å². The zero-order valence-electron chi connectivity index (χ0n) is 25.4. The molecule has 10 heteroatoms. The number of ketones is 2. The van der Waals surface area contributed by atoms with Gasteiger partial charge < -0.3 is 9.47 Å². The molecule has 248 valence electrons. The molecule has 0 fully saturated rings. The maximum atomic E-state index is 11.5. The fourth-order valence-electron chi connectivity index (χ4n) is 5.05. The van der Waals surface area contributed by atoms with Crippen molar-refractivity contribution in [1.29, 1.82) is 0 Å². The molecular formula is C38H36O10. The average molecular weight is 653 g/mol. The van der Waals surface area contributed by atoms with Crippen molar-refractivity contribution in [2.24, 2.45) is 0 Å². The van der Waals surface area contributed by atoms with E-state index in [1.807, 2.05) is 37.3 Å². The summed E-state index contributed by atoms with van der Waals surface area (Å²) in [6, 6.07) is 21.4. The summed E-state index contributed by atoms with van der Waals surface area (Å²) in [4.78, 5) is 84.2. The lowest BCUT2D eigenvalue weighted by atomic mass is 9.85. The third-order valence-electron chi connectivity index (χ3n) is 7.45. The molecule has 4 aromatic rings. The SMILES string of the molecule is C.C.CC(C)(C)c1ccc2c(c1)C(=O)CC2=O.CCc1ccc2c(c1)C(=O)OC2=O.O=C1OC(=O)c2cccc3cccc1c23.O=C=O. The van der Waals surface area contributed by atoms with E-state index < -0.39 is 23.9 Å². The van der Waals surface area contributed by atoms with E-state index in [1.165, 1.54) is 0 Å². The van der Waals surface area contributed by atoms with Crippen LogP contribution in [0.5, 0.6) is 0 Å². The van der Waals surface area contributed by atoms with Crippen LogP contribution in [0.3, 0.4) is 0 Å². The number of carbonyl (C=O) groups excluding carboxylic acids is 8. The van der Waals surface area contributed by atoms with Crippen LogP contribution in [0.2, 0.25) is 0 Å². The highest BCUT2D eigenvalue weighted by molar-refractivity contribution is 6.24. The van der Waals surface area contributed by atoms with Gasteiger partial charge in [0.05, 0.1) is 28.7 Å². The summed E-state index contributed by atoms with van der Waals surface area (Å²) in [7, 11) is 0. The fraction of sp³-hybridized carbons (Fsp3) is 0.237. The molecule has 2 heterocycles. The number of carbonyl (C=O) groups is 6. The van der Waals surface area contributed by atoms with E-state index in [1.54, 1.807) is 42.5 Å². The highest BCUT2D eigenvalue weighted by Crippen LogP contribution is 2.30. The van der Waals surface area contributed by atoms with Crippen LogP contribution in [0.4, 0.5) is 0 Å². The molecule has 10 nitrogen and oxygen atoms in total. The molecule has 0 unspecified atom stereocenters. The van der Waals surface area contributed by atoms with Crippen LogP contribution in [0.1, 0.15) is 122 Å². The number of esters is 4. The summed E-state index contributed by atoms with van der Waals surface area (Å²) in [6.45, 7) is 8.27. The minimum absolute atomic E-state index is 0. The van der Waals surface area contributed by atoms with E-state index >= 15 is 0 Å². The van der Waals surface area contributed by atoms with Gasteiger partial charge in [0.25, 0.3) is 0 Å². The Morgan fingerprint density at radius 3 is 1.60 bits per heavy atom. The van der Waals surface area contributed by atoms with E-state index in [-0.39, 0.29) is 44.4 Å². The van der Waals surface area contributed by atoms with Gasteiger partial charge in [0, 0.05) is 16.5 Å². The minimum Gasteiger partial charge on any atom is -0.386 e. The van der Waals surface area contributed by atoms with Gasteiger partial charge in [-0.05, 0) is 58.7 Å². The molecule has 0 aromatic heterocycles. The Hall–Kier alpha value is -5.86. The average Bonchev–Trinajstić information content (AvgIpc) is 3.48. The van der Waals surface area contributed by atoms with Gasteiger partial charge in [-0.2, -0.15) is 9.59 Å². The minimum atomic E-state index is -0.565. The second-order valence-electron chi connectivity index (χ2n) is 11.4. The third kappa shape index (κ3) is 7.92. The van der Waals surface area contributed by atoms with Gasteiger partial charge in [0.15, 0.2) is 11.6 Å². The number of hydrogen-bond acceptors (Lipinski definition) is 10. The number of Topliss-reactive ketones (excluding diaryl/α,β-unsaturated/α-hetero) is 2. The lowest BCUT2D eigenvalue weighted by Gasteiger charge is -2.19. The number of cyclic esters (lactones) is 4. The van der Waals surface area contributed by atoms with E-state index in [0.29, 0.717) is 38.8 Å². The maximum absolute atomic E-state index is 11.5. The molecule has 0 amide bonds. The predicted octanol–water partition coefficient (Wildman–Crippen LogP) is 7.15. The first-order valence-electron chi connectivity index (χ1n) is 14.2. The third-order valence-corrected chi connectivity index (χ3v) is 7.45. The molecule has 0 N–H and O–H groups in total. The van der Waals surface area contributed by atoms with Gasteiger partial charge in [-0.3, -0.25) is 9.59 Å². The Morgan fingerprint density at radius 1 is 0.604 bits per heavy atom. The topological polar surface area (TPSA) is 155 Å². The summed E-state index contributed by atoms with van der Waals surface area (Å²) in [5.41, 5.74) is 5.04. The van der Waals surface area contributed by atoms with Gasteiger partial charge >= 0.3 is 30.0 Å². The largest absolute Gasteiger partial charge is 0.386 e. The van der Waals surface area contributed by atoms with Crippen LogP contribution in [-0.4, -0.2) is 41.6 Å². The highest BCUT2D eigenvalue weighted by atomic mass is 16.6. The maximum Gasteiger partial charge on any atom is 0.373 e. The van der Waals surface area contributed by atoms with Crippen molar-refractivity contribution in [1.82, 2.24) is 0 Å². The first-order chi connectivity index (χ1) is 21.8. The van der Waals surface area contributed by atoms with E-state index in [2.05, 4.69) is 30.2 Å². The van der Waals surface area contributed by atoms with E-state index in [9.17, 15) is 28.8 Å². The highest BCUT2D eigenvalue weighted by Gasteiger charge is 2.30. The molecule has 0 radical (unpaired) electrons. The molecule has 0 spiro atoms. The fourth-order valence-corrected chi connectivity index (χ4v) is 5.05. The lowest BCUT2D eigenvalue weighted by molar-refractivity contribution is -0.191. The standard InChI is InChI=1S/C13H14O2.C12H6O3.C10H8O3.CO2.2CH4/c1-13(2,3)8-4-5-9-10(6-8)12(15)7-11(9)14;13-11-8-5-1-3-7-4-2-6-9(10(7)8)12(14)15-11;1-2-6-3-4-7-8(5-6)10(12)13-9(7)11;2-1-3;;/h4-6H,7H2,1-3H3;1-6H;3-5H,2H2,1H3;;2*1H4. The summed E-state index contributed by atoms with van der Waals surface area (Å²) in [6.07, 6.45) is 1.14. The first kappa shape index (κ1) is 38.3. The number of ether oxygens (including phenoxy) is 2. The first-order valence-corrected chi connectivity index (χ1v) is 14.2. The summed E-state index contributed by atoms with van der Waals surface area (Å²) < 4.78 is 9.08. The molecule has 3 aliphatic rings. The van der Waals surface area contributed by atoms with Gasteiger partial charge in [-0.1, -0.05) is 85.0 Å². The number of hydrogen-bond donors (Lipinski definition) is 0. The summed E-state index contributed by atoms with van der Waals surface area (Å²) in [5.74, 6) is -2.29. The molecule has 0 saturated carbocycles. The van der Waals surface area contributed by atoms with Crippen LogP contribution in [0.25, 0.3) is 10.8 Å². The number of benzene rings is 4. The lowest BCUT2D eigenvalue weighted by Crippen LogP contribution is -2.19. The van der Waals surface area contributed by atoms with Crippen LogP contribution in [-0.2, 0) is 30.9 Å². The molecule has 0 saturated heterocycles. The second kappa shape index (κ2) is 15.6. The van der Waals surface area contributed by atoms with Crippen molar-refractivity contribution in [3.8, 4) is 0 Å². The summed E-state index contributed by atoms with van der Waals surface area (Å²) >= 11 is 0. The van der Waals surface area contributed by atoms with E-state index in [4.69, 9.17) is 9.59 Å². The molecule has 7 rings (SSSR count). The molecule has 1 aliphatic carbocycles. The molecule has 48 heavy (non-hydrogen) atoms. The van der Waals surface area contributed by atoms with Crippen molar-refractivity contribution in [3.05, 3.63) is 117 Å². The Labute approximate surface area is 278 Å². The Balaban J connectivity index is 0.000000236. The Bertz CT molecular complexity index is 1920. The monoisotopic (exact) mass is 652 g/mol. The van der Waals surface area contributed by atoms with Gasteiger partial charge in [-0.25, -0.2) is 19.2 Å². The molecule has 0 atom stereocenters. The molecule has 2 aliphatic heterocycles. The van der Waals surface area contributed by atoms with Crippen LogP contribution in [0, 0.1) is 0 Å². The normalized spacial score (nSPS) is 13.3.